The lowest BCUT2D eigenvalue weighted by molar-refractivity contribution is -0.123. The Kier molecular flexibility index (Phi) is 7.25. The topological polar surface area (TPSA) is 87.5 Å². The number of nitrogen functional groups attached to an aromatic ring is 1. The van der Waals surface area contributed by atoms with Gasteiger partial charge in [0.1, 0.15) is 0 Å². The monoisotopic (exact) mass is 292 g/mol. The van der Waals surface area contributed by atoms with Gasteiger partial charge in [-0.05, 0) is 37.7 Å². The number of nitrogens with one attached hydrogen (secondary N) is 2. The van der Waals surface area contributed by atoms with Crippen molar-refractivity contribution in [2.45, 2.75) is 20.3 Å². The molecule has 0 saturated carbocycles. The minimum atomic E-state index is -0.0749. The zero-order chi connectivity index (χ0) is 15.7. The van der Waals surface area contributed by atoms with Crippen LogP contribution in [0.4, 0.5) is 11.4 Å². The van der Waals surface area contributed by atoms with Gasteiger partial charge in [-0.25, -0.2) is 0 Å². The maximum atomic E-state index is 11.9. The van der Waals surface area contributed by atoms with Crippen LogP contribution in [0.5, 0.6) is 0 Å². The summed E-state index contributed by atoms with van der Waals surface area (Å²) >= 11 is 0. The number of hydrogen-bond donors (Lipinski definition) is 3. The lowest BCUT2D eigenvalue weighted by atomic mass is 10.2. The van der Waals surface area contributed by atoms with Gasteiger partial charge in [-0.1, -0.05) is 6.92 Å². The average molecular weight is 292 g/mol. The van der Waals surface area contributed by atoms with Gasteiger partial charge in [0.05, 0.1) is 6.54 Å². The zero-order valence-electron chi connectivity index (χ0n) is 12.7. The third-order valence-electron chi connectivity index (χ3n) is 3.04. The van der Waals surface area contributed by atoms with Crippen molar-refractivity contribution >= 4 is 23.2 Å². The van der Waals surface area contributed by atoms with Gasteiger partial charge < -0.3 is 16.4 Å². The van der Waals surface area contributed by atoms with Crippen molar-refractivity contribution in [3.8, 4) is 0 Å². The van der Waals surface area contributed by atoms with E-state index in [1.165, 1.54) is 0 Å². The van der Waals surface area contributed by atoms with Gasteiger partial charge in [-0.2, -0.15) is 0 Å². The quantitative estimate of drug-likeness (QED) is 0.625. The minimum absolute atomic E-state index is 0.0155. The molecular weight excluding hydrogens is 268 g/mol. The smallest absolute Gasteiger partial charge is 0.234 e. The summed E-state index contributed by atoms with van der Waals surface area (Å²) in [6.45, 7) is 6.07. The molecule has 1 rings (SSSR count). The van der Waals surface area contributed by atoms with E-state index >= 15 is 0 Å². The molecule has 0 unspecified atom stereocenters. The molecule has 6 nitrogen and oxygen atoms in total. The second-order valence-electron chi connectivity index (χ2n) is 4.74. The lowest BCUT2D eigenvalue weighted by Gasteiger charge is -2.19. The number of amides is 2. The van der Waals surface area contributed by atoms with Gasteiger partial charge in [0, 0.05) is 30.9 Å². The molecule has 116 valence electrons. The first-order valence-corrected chi connectivity index (χ1v) is 7.19. The Balaban J connectivity index is 2.36. The molecule has 0 aromatic heterocycles. The predicted molar refractivity (Wildman–Crippen MR) is 84.9 cm³/mol. The summed E-state index contributed by atoms with van der Waals surface area (Å²) in [5.41, 5.74) is 6.97. The summed E-state index contributed by atoms with van der Waals surface area (Å²) in [6.07, 6.45) is 0.345. The molecular formula is C15H24N4O2. The molecule has 4 N–H and O–H groups in total. The van der Waals surface area contributed by atoms with Crippen molar-refractivity contribution in [1.82, 2.24) is 10.2 Å². The van der Waals surface area contributed by atoms with E-state index < -0.39 is 0 Å². The third kappa shape index (κ3) is 6.76. The highest BCUT2D eigenvalue weighted by Gasteiger charge is 2.10. The number of nitrogens with zero attached hydrogens (tertiary/aromatic N) is 1. The molecule has 6 heteroatoms. The standard InChI is InChI=1S/C15H24N4O2/c1-3-17-15(21)11-19(4-2)10-9-14(20)18-13-7-5-12(16)6-8-13/h5-8H,3-4,9-11,16H2,1-2H3,(H,17,21)(H,18,20). The first-order chi connectivity index (χ1) is 10.0. The van der Waals surface area contributed by atoms with Crippen LogP contribution in [0.3, 0.4) is 0 Å². The van der Waals surface area contributed by atoms with Crippen molar-refractivity contribution < 1.29 is 9.59 Å². The lowest BCUT2D eigenvalue weighted by Crippen LogP contribution is -2.38. The van der Waals surface area contributed by atoms with Crippen LogP contribution in [-0.2, 0) is 9.59 Å². The summed E-state index contributed by atoms with van der Waals surface area (Å²) in [5.74, 6) is -0.0904. The predicted octanol–water partition coefficient (Wildman–Crippen LogP) is 1.06. The molecule has 0 atom stereocenters. The second-order valence-corrected chi connectivity index (χ2v) is 4.74. The van der Waals surface area contributed by atoms with Crippen LogP contribution in [-0.4, -0.2) is 42.9 Å². The first-order valence-electron chi connectivity index (χ1n) is 7.19. The number of hydrogen-bond acceptors (Lipinski definition) is 4. The third-order valence-corrected chi connectivity index (χ3v) is 3.04. The van der Waals surface area contributed by atoms with Gasteiger partial charge in [0.2, 0.25) is 11.8 Å². The van der Waals surface area contributed by atoms with Crippen LogP contribution in [0, 0.1) is 0 Å². The molecule has 0 fully saturated rings. The molecule has 1 aromatic rings. The van der Waals surface area contributed by atoms with Gasteiger partial charge in [0.15, 0.2) is 0 Å². The van der Waals surface area contributed by atoms with Crippen molar-refractivity contribution in [1.29, 1.82) is 0 Å². The highest BCUT2D eigenvalue weighted by molar-refractivity contribution is 5.91. The van der Waals surface area contributed by atoms with Crippen LogP contribution in [0.15, 0.2) is 24.3 Å². The summed E-state index contributed by atoms with van der Waals surface area (Å²) in [7, 11) is 0. The van der Waals surface area contributed by atoms with Crippen LogP contribution in [0.1, 0.15) is 20.3 Å². The van der Waals surface area contributed by atoms with Gasteiger partial charge in [0.25, 0.3) is 0 Å². The summed E-state index contributed by atoms with van der Waals surface area (Å²) in [5, 5.41) is 5.56. The van der Waals surface area contributed by atoms with E-state index in [-0.39, 0.29) is 11.8 Å². The van der Waals surface area contributed by atoms with E-state index in [2.05, 4.69) is 10.6 Å². The molecule has 0 spiro atoms. The number of benzene rings is 1. The van der Waals surface area contributed by atoms with Gasteiger partial charge >= 0.3 is 0 Å². The normalized spacial score (nSPS) is 10.4. The molecule has 2 amide bonds. The van der Waals surface area contributed by atoms with Crippen LogP contribution < -0.4 is 16.4 Å². The largest absolute Gasteiger partial charge is 0.399 e. The van der Waals surface area contributed by atoms with Crippen molar-refractivity contribution in [3.63, 3.8) is 0 Å². The van der Waals surface area contributed by atoms with Crippen LogP contribution in [0.25, 0.3) is 0 Å². The molecule has 0 saturated heterocycles. The van der Waals surface area contributed by atoms with E-state index in [0.717, 1.165) is 12.2 Å². The highest BCUT2D eigenvalue weighted by atomic mass is 16.2. The second kappa shape index (κ2) is 8.97. The Morgan fingerprint density at radius 2 is 1.81 bits per heavy atom. The molecule has 0 aliphatic heterocycles. The molecule has 0 heterocycles. The zero-order valence-corrected chi connectivity index (χ0v) is 12.7. The number of anilines is 2. The summed E-state index contributed by atoms with van der Waals surface area (Å²) < 4.78 is 0. The average Bonchev–Trinajstić information content (AvgIpc) is 2.46. The number of rotatable bonds is 8. The van der Waals surface area contributed by atoms with Crippen molar-refractivity contribution in [3.05, 3.63) is 24.3 Å². The fraction of sp³-hybridized carbons (Fsp3) is 0.467. The molecule has 0 bridgehead atoms. The van der Waals surface area contributed by atoms with E-state index in [4.69, 9.17) is 5.73 Å². The summed E-state index contributed by atoms with van der Waals surface area (Å²) in [4.78, 5) is 25.3. The molecule has 21 heavy (non-hydrogen) atoms. The first kappa shape index (κ1) is 17.0. The highest BCUT2D eigenvalue weighted by Crippen LogP contribution is 2.10. The fourth-order valence-corrected chi connectivity index (χ4v) is 1.85. The number of nitrogens with two attached hydrogens (primary N) is 1. The van der Waals surface area contributed by atoms with Gasteiger partial charge in [-0.3, -0.25) is 14.5 Å². The van der Waals surface area contributed by atoms with Crippen LogP contribution in [0.2, 0.25) is 0 Å². The maximum Gasteiger partial charge on any atom is 0.234 e. The fourth-order valence-electron chi connectivity index (χ4n) is 1.85. The van der Waals surface area contributed by atoms with Gasteiger partial charge in [-0.15, -0.1) is 0 Å². The molecule has 0 aliphatic carbocycles. The number of carbonyl (C=O) groups excluding carboxylic acids is 2. The molecule has 0 radical (unpaired) electrons. The van der Waals surface area contributed by atoms with E-state index in [0.29, 0.717) is 31.7 Å². The Hall–Kier alpha value is -2.08. The van der Waals surface area contributed by atoms with Crippen LogP contribution >= 0.6 is 0 Å². The van der Waals surface area contributed by atoms with Crippen molar-refractivity contribution in [2.75, 3.05) is 37.2 Å². The minimum Gasteiger partial charge on any atom is -0.399 e. The Morgan fingerprint density at radius 3 is 2.38 bits per heavy atom. The maximum absolute atomic E-state index is 11.9. The van der Waals surface area contributed by atoms with E-state index in [1.54, 1.807) is 24.3 Å². The number of carbonyl (C=O) groups is 2. The van der Waals surface area contributed by atoms with Crippen molar-refractivity contribution in [2.24, 2.45) is 0 Å². The molecule has 0 aliphatic rings. The molecule has 1 aromatic carbocycles. The SMILES string of the molecule is CCNC(=O)CN(CC)CCC(=O)Nc1ccc(N)cc1. The van der Waals surface area contributed by atoms with E-state index in [9.17, 15) is 9.59 Å². The van der Waals surface area contributed by atoms with E-state index in [1.807, 2.05) is 18.7 Å². The number of likely N-dealkylation sites (N-methyl/N-ethyl adjacent to an activating group) is 2. The Labute approximate surface area is 125 Å². The Bertz CT molecular complexity index is 459. The summed E-state index contributed by atoms with van der Waals surface area (Å²) in [6, 6.07) is 7.01. The Morgan fingerprint density at radius 1 is 1.14 bits per heavy atom.